The maximum absolute atomic E-state index is 13.5. The number of nitrogens with one attached hydrogen (secondary N) is 1. The Labute approximate surface area is 174 Å². The summed E-state index contributed by atoms with van der Waals surface area (Å²) >= 11 is 0. The minimum atomic E-state index is -0.521. The van der Waals surface area contributed by atoms with Crippen LogP contribution >= 0.6 is 0 Å². The van der Waals surface area contributed by atoms with E-state index in [1.54, 1.807) is 38.5 Å². The van der Waals surface area contributed by atoms with Crippen LogP contribution in [0.1, 0.15) is 42.6 Å². The van der Waals surface area contributed by atoms with Crippen LogP contribution in [0.3, 0.4) is 0 Å². The van der Waals surface area contributed by atoms with Gasteiger partial charge in [0.25, 0.3) is 5.91 Å². The zero-order valence-electron chi connectivity index (χ0n) is 17.3. The standard InChI is InChI=1S/C22H24FN3O4/c1-5-13(2)19(24-21(27)15-7-6-8-16(23)11-15)22-25-20(26-30-22)14-9-10-17(28-3)18(12-14)29-4/h6-13,19H,5H2,1-4H3,(H,24,27)/t13-,19-/m1/s1. The molecule has 1 aromatic heterocycles. The van der Waals surface area contributed by atoms with Gasteiger partial charge < -0.3 is 19.3 Å². The van der Waals surface area contributed by atoms with Crippen molar-refractivity contribution in [3.63, 3.8) is 0 Å². The molecule has 1 heterocycles. The third-order valence-corrected chi connectivity index (χ3v) is 4.94. The van der Waals surface area contributed by atoms with E-state index in [2.05, 4.69) is 15.5 Å². The van der Waals surface area contributed by atoms with Gasteiger partial charge in [-0.25, -0.2) is 4.39 Å². The van der Waals surface area contributed by atoms with E-state index in [9.17, 15) is 9.18 Å². The molecule has 8 heteroatoms. The summed E-state index contributed by atoms with van der Waals surface area (Å²) in [6.45, 7) is 3.97. The van der Waals surface area contributed by atoms with Crippen LogP contribution < -0.4 is 14.8 Å². The molecule has 3 aromatic rings. The lowest BCUT2D eigenvalue weighted by molar-refractivity contribution is 0.0909. The number of aromatic nitrogens is 2. The Hall–Kier alpha value is -3.42. The molecule has 0 aliphatic heterocycles. The molecule has 0 aliphatic rings. The number of hydrogen-bond donors (Lipinski definition) is 1. The van der Waals surface area contributed by atoms with Gasteiger partial charge in [0.1, 0.15) is 11.9 Å². The van der Waals surface area contributed by atoms with Crippen LogP contribution in [0.15, 0.2) is 47.0 Å². The maximum Gasteiger partial charge on any atom is 0.252 e. The fourth-order valence-corrected chi connectivity index (χ4v) is 2.99. The van der Waals surface area contributed by atoms with Crippen LogP contribution in [0.2, 0.25) is 0 Å². The Balaban J connectivity index is 1.88. The SMILES string of the molecule is CC[C@@H](C)[C@@H](NC(=O)c1cccc(F)c1)c1nc(-c2ccc(OC)c(OC)c2)no1. The average molecular weight is 413 g/mol. The van der Waals surface area contributed by atoms with Gasteiger partial charge >= 0.3 is 0 Å². The van der Waals surface area contributed by atoms with E-state index >= 15 is 0 Å². The molecular weight excluding hydrogens is 389 g/mol. The van der Waals surface area contributed by atoms with Crippen LogP contribution in [0.25, 0.3) is 11.4 Å². The zero-order chi connectivity index (χ0) is 21.7. The van der Waals surface area contributed by atoms with Gasteiger partial charge in [-0.3, -0.25) is 4.79 Å². The zero-order valence-corrected chi connectivity index (χ0v) is 17.3. The maximum atomic E-state index is 13.5. The highest BCUT2D eigenvalue weighted by Gasteiger charge is 2.27. The summed E-state index contributed by atoms with van der Waals surface area (Å²) in [5, 5.41) is 6.94. The summed E-state index contributed by atoms with van der Waals surface area (Å²) in [4.78, 5) is 17.1. The second-order valence-electron chi connectivity index (χ2n) is 6.87. The van der Waals surface area contributed by atoms with E-state index < -0.39 is 17.8 Å². The lowest BCUT2D eigenvalue weighted by Crippen LogP contribution is -2.32. The van der Waals surface area contributed by atoms with Crippen LogP contribution in [0, 0.1) is 11.7 Å². The number of carbonyl (C=O) groups excluding carboxylic acids is 1. The van der Waals surface area contributed by atoms with Crippen molar-refractivity contribution in [1.29, 1.82) is 0 Å². The van der Waals surface area contributed by atoms with E-state index in [4.69, 9.17) is 14.0 Å². The quantitative estimate of drug-likeness (QED) is 0.589. The van der Waals surface area contributed by atoms with E-state index in [1.165, 1.54) is 18.2 Å². The third kappa shape index (κ3) is 4.59. The highest BCUT2D eigenvalue weighted by atomic mass is 19.1. The topological polar surface area (TPSA) is 86.5 Å². The predicted octanol–water partition coefficient (Wildman–Crippen LogP) is 4.41. The smallest absolute Gasteiger partial charge is 0.252 e. The van der Waals surface area contributed by atoms with Crippen molar-refractivity contribution in [2.45, 2.75) is 26.3 Å². The second-order valence-corrected chi connectivity index (χ2v) is 6.87. The van der Waals surface area contributed by atoms with Crippen molar-refractivity contribution in [3.8, 4) is 22.9 Å². The first-order chi connectivity index (χ1) is 14.5. The molecule has 1 amide bonds. The number of benzene rings is 2. The van der Waals surface area contributed by atoms with Crippen molar-refractivity contribution in [1.82, 2.24) is 15.5 Å². The Morgan fingerprint density at radius 1 is 1.17 bits per heavy atom. The molecule has 2 atom stereocenters. The molecule has 0 spiro atoms. The number of hydrogen-bond acceptors (Lipinski definition) is 6. The predicted molar refractivity (Wildman–Crippen MR) is 109 cm³/mol. The van der Waals surface area contributed by atoms with Gasteiger partial charge in [0.15, 0.2) is 11.5 Å². The van der Waals surface area contributed by atoms with Crippen molar-refractivity contribution in [2.24, 2.45) is 5.92 Å². The Kier molecular flexibility index (Phi) is 6.66. The third-order valence-electron chi connectivity index (χ3n) is 4.94. The van der Waals surface area contributed by atoms with Gasteiger partial charge in [-0.05, 0) is 42.3 Å². The minimum Gasteiger partial charge on any atom is -0.493 e. The summed E-state index contributed by atoms with van der Waals surface area (Å²) in [7, 11) is 3.10. The van der Waals surface area contributed by atoms with Crippen molar-refractivity contribution in [2.75, 3.05) is 14.2 Å². The first-order valence-corrected chi connectivity index (χ1v) is 9.59. The minimum absolute atomic E-state index is 0.0150. The summed E-state index contributed by atoms with van der Waals surface area (Å²) in [5.74, 6) is 0.894. The molecule has 0 fully saturated rings. The average Bonchev–Trinajstić information content (AvgIpc) is 3.26. The van der Waals surface area contributed by atoms with E-state index in [1.807, 2.05) is 13.8 Å². The summed E-state index contributed by atoms with van der Waals surface area (Å²) in [5.41, 5.74) is 0.907. The molecule has 0 bridgehead atoms. The Morgan fingerprint density at radius 3 is 2.60 bits per heavy atom. The first-order valence-electron chi connectivity index (χ1n) is 9.59. The van der Waals surface area contributed by atoms with Gasteiger partial charge in [-0.2, -0.15) is 4.98 Å². The highest BCUT2D eigenvalue weighted by molar-refractivity contribution is 5.94. The molecule has 7 nitrogen and oxygen atoms in total. The second kappa shape index (κ2) is 9.39. The number of carbonyl (C=O) groups is 1. The van der Waals surface area contributed by atoms with Crippen LogP contribution in [-0.4, -0.2) is 30.3 Å². The van der Waals surface area contributed by atoms with E-state index in [-0.39, 0.29) is 17.4 Å². The van der Waals surface area contributed by atoms with E-state index in [0.29, 0.717) is 22.9 Å². The normalized spacial score (nSPS) is 12.8. The molecule has 0 radical (unpaired) electrons. The van der Waals surface area contributed by atoms with Crippen molar-refractivity contribution in [3.05, 3.63) is 59.7 Å². The monoisotopic (exact) mass is 413 g/mol. The molecule has 0 aliphatic carbocycles. The van der Waals surface area contributed by atoms with Crippen LogP contribution in [-0.2, 0) is 0 Å². The number of halogens is 1. The van der Waals surface area contributed by atoms with E-state index in [0.717, 1.165) is 6.42 Å². The number of amides is 1. The molecule has 1 N–H and O–H groups in total. The van der Waals surface area contributed by atoms with Crippen LogP contribution in [0.5, 0.6) is 11.5 Å². The fraction of sp³-hybridized carbons (Fsp3) is 0.318. The molecule has 30 heavy (non-hydrogen) atoms. The fourth-order valence-electron chi connectivity index (χ4n) is 2.99. The Morgan fingerprint density at radius 2 is 1.93 bits per heavy atom. The van der Waals surface area contributed by atoms with Gasteiger partial charge in [0.05, 0.1) is 14.2 Å². The molecule has 0 saturated heterocycles. The molecule has 158 valence electrons. The first kappa shape index (κ1) is 21.3. The largest absolute Gasteiger partial charge is 0.493 e. The highest BCUT2D eigenvalue weighted by Crippen LogP contribution is 2.32. The summed E-state index contributed by atoms with van der Waals surface area (Å²) in [6, 6.07) is 10.3. The number of rotatable bonds is 8. The molecule has 3 rings (SSSR count). The van der Waals surface area contributed by atoms with Gasteiger partial charge in [-0.1, -0.05) is 31.5 Å². The number of nitrogens with zero attached hydrogens (tertiary/aromatic N) is 2. The van der Waals surface area contributed by atoms with Gasteiger partial charge in [0.2, 0.25) is 11.7 Å². The van der Waals surface area contributed by atoms with Crippen LogP contribution in [0.4, 0.5) is 4.39 Å². The lowest BCUT2D eigenvalue weighted by atomic mass is 9.98. The Bertz CT molecular complexity index is 1020. The molecule has 2 aromatic carbocycles. The summed E-state index contributed by atoms with van der Waals surface area (Å²) < 4.78 is 29.5. The molecule has 0 saturated carbocycles. The van der Waals surface area contributed by atoms with Gasteiger partial charge in [0, 0.05) is 11.1 Å². The van der Waals surface area contributed by atoms with Crippen molar-refractivity contribution >= 4 is 5.91 Å². The number of methoxy groups -OCH3 is 2. The molecular formula is C22H24FN3O4. The van der Waals surface area contributed by atoms with Crippen molar-refractivity contribution < 1.29 is 23.2 Å². The number of ether oxygens (including phenoxy) is 2. The summed E-state index contributed by atoms with van der Waals surface area (Å²) in [6.07, 6.45) is 0.766. The molecule has 0 unspecified atom stereocenters. The van der Waals surface area contributed by atoms with Gasteiger partial charge in [-0.15, -0.1) is 0 Å². The lowest BCUT2D eigenvalue weighted by Gasteiger charge is -2.20.